The summed E-state index contributed by atoms with van der Waals surface area (Å²) in [5.41, 5.74) is 6.56. The van der Waals surface area contributed by atoms with E-state index in [-0.39, 0.29) is 11.9 Å². The number of hydrogen-bond acceptors (Lipinski definition) is 3. The lowest BCUT2D eigenvalue weighted by Gasteiger charge is -2.18. The van der Waals surface area contributed by atoms with Crippen LogP contribution in [-0.4, -0.2) is 24.5 Å². The summed E-state index contributed by atoms with van der Waals surface area (Å²) in [6, 6.07) is 5.87. The number of rotatable bonds is 6. The monoisotopic (exact) mass is 345 g/mol. The van der Waals surface area contributed by atoms with Crippen molar-refractivity contribution in [3.05, 3.63) is 27.7 Å². The van der Waals surface area contributed by atoms with E-state index < -0.39 is 0 Å². The molecule has 104 valence electrons. The summed E-state index contributed by atoms with van der Waals surface area (Å²) in [5, 5.41) is 6.82. The zero-order valence-electron chi connectivity index (χ0n) is 10.5. The maximum atomic E-state index is 11.7. The maximum absolute atomic E-state index is 11.7. The Morgan fingerprint density at radius 1 is 1.53 bits per heavy atom. The molecule has 0 spiro atoms. The fourth-order valence-electron chi connectivity index (χ4n) is 1.75. The summed E-state index contributed by atoms with van der Waals surface area (Å²) in [5.74, 6) is 0.0497. The molecule has 2 rings (SSSR count). The highest BCUT2D eigenvalue weighted by atomic mass is 79.9. The molecule has 0 aliphatic heterocycles. The maximum Gasteiger partial charge on any atom is 0.222 e. The molecule has 6 heteroatoms. The summed E-state index contributed by atoms with van der Waals surface area (Å²) < 4.78 is 0.843. The molecule has 1 amide bonds. The van der Waals surface area contributed by atoms with Crippen molar-refractivity contribution in [1.82, 2.24) is 5.32 Å². The fourth-order valence-corrected chi connectivity index (χ4v) is 2.18. The minimum absolute atomic E-state index is 0.0497. The van der Waals surface area contributed by atoms with Gasteiger partial charge in [0.1, 0.15) is 0 Å². The van der Waals surface area contributed by atoms with E-state index in [1.165, 1.54) is 0 Å². The van der Waals surface area contributed by atoms with Crippen LogP contribution in [0.3, 0.4) is 0 Å². The quantitative estimate of drug-likeness (QED) is 0.741. The van der Waals surface area contributed by atoms with Gasteiger partial charge in [0.05, 0.1) is 5.02 Å². The van der Waals surface area contributed by atoms with Gasteiger partial charge in [-0.3, -0.25) is 4.79 Å². The molecule has 0 aromatic heterocycles. The van der Waals surface area contributed by atoms with Gasteiger partial charge in [0.15, 0.2) is 0 Å². The molecule has 4 nitrogen and oxygen atoms in total. The number of amides is 1. The van der Waals surface area contributed by atoms with Crippen LogP contribution in [0.1, 0.15) is 19.3 Å². The number of nitrogens with one attached hydrogen (secondary N) is 2. The Bertz CT molecular complexity index is 465. The van der Waals surface area contributed by atoms with Gasteiger partial charge in [-0.2, -0.15) is 0 Å². The largest absolute Gasteiger partial charge is 0.380 e. The van der Waals surface area contributed by atoms with Crippen LogP contribution in [0.2, 0.25) is 5.02 Å². The van der Waals surface area contributed by atoms with Gasteiger partial charge in [0.25, 0.3) is 0 Å². The van der Waals surface area contributed by atoms with Crippen LogP contribution in [0, 0.1) is 0 Å². The standard InChI is InChI=1S/C13H17BrClN3O/c14-11-4-3-9(5-12(11)15)17-10(7-16)6-13(19)18-8-1-2-8/h3-5,8,10,17H,1-2,6-7,16H2,(H,18,19). The minimum Gasteiger partial charge on any atom is -0.380 e. The van der Waals surface area contributed by atoms with Gasteiger partial charge >= 0.3 is 0 Å². The van der Waals surface area contributed by atoms with Crippen molar-refractivity contribution in [1.29, 1.82) is 0 Å². The van der Waals surface area contributed by atoms with E-state index in [1.54, 1.807) is 0 Å². The number of hydrogen-bond donors (Lipinski definition) is 3. The van der Waals surface area contributed by atoms with Gasteiger partial charge in [-0.15, -0.1) is 0 Å². The summed E-state index contributed by atoms with van der Waals surface area (Å²) >= 11 is 9.36. The summed E-state index contributed by atoms with van der Waals surface area (Å²) in [6.45, 7) is 0.395. The Hall–Kier alpha value is -0.780. The van der Waals surface area contributed by atoms with Crippen molar-refractivity contribution in [3.63, 3.8) is 0 Å². The predicted octanol–water partition coefficient (Wildman–Crippen LogP) is 2.51. The normalized spacial score (nSPS) is 15.9. The van der Waals surface area contributed by atoms with Gasteiger partial charge in [-0.1, -0.05) is 11.6 Å². The van der Waals surface area contributed by atoms with E-state index in [9.17, 15) is 4.79 Å². The number of benzene rings is 1. The van der Waals surface area contributed by atoms with Gasteiger partial charge in [0, 0.05) is 35.2 Å². The fraction of sp³-hybridized carbons (Fsp3) is 0.462. The van der Waals surface area contributed by atoms with Crippen LogP contribution < -0.4 is 16.4 Å². The van der Waals surface area contributed by atoms with E-state index in [0.29, 0.717) is 24.0 Å². The van der Waals surface area contributed by atoms with Crippen LogP contribution >= 0.6 is 27.5 Å². The topological polar surface area (TPSA) is 67.2 Å². The average Bonchev–Trinajstić information content (AvgIpc) is 3.16. The number of nitrogens with two attached hydrogens (primary N) is 1. The first kappa shape index (κ1) is 14.6. The molecule has 0 radical (unpaired) electrons. The molecule has 1 aromatic rings. The molecule has 0 saturated heterocycles. The Morgan fingerprint density at radius 2 is 2.26 bits per heavy atom. The van der Waals surface area contributed by atoms with Crippen molar-refractivity contribution < 1.29 is 4.79 Å². The predicted molar refractivity (Wildman–Crippen MR) is 81.4 cm³/mol. The Morgan fingerprint density at radius 3 is 2.84 bits per heavy atom. The zero-order valence-corrected chi connectivity index (χ0v) is 12.8. The van der Waals surface area contributed by atoms with E-state index in [0.717, 1.165) is 23.0 Å². The molecule has 0 heterocycles. The second-order valence-corrected chi connectivity index (χ2v) is 6.01. The van der Waals surface area contributed by atoms with E-state index in [1.807, 2.05) is 18.2 Å². The van der Waals surface area contributed by atoms with Crippen molar-refractivity contribution in [2.75, 3.05) is 11.9 Å². The number of anilines is 1. The Balaban J connectivity index is 1.89. The first-order valence-corrected chi connectivity index (χ1v) is 7.46. The first-order chi connectivity index (χ1) is 9.08. The van der Waals surface area contributed by atoms with Gasteiger partial charge in [-0.05, 0) is 47.0 Å². The summed E-state index contributed by atoms with van der Waals surface area (Å²) in [6.07, 6.45) is 2.56. The highest BCUT2D eigenvalue weighted by Gasteiger charge is 2.24. The molecule has 1 atom stereocenters. The van der Waals surface area contributed by atoms with Gasteiger partial charge < -0.3 is 16.4 Å². The Labute approximate surface area is 126 Å². The van der Waals surface area contributed by atoms with E-state index in [4.69, 9.17) is 17.3 Å². The van der Waals surface area contributed by atoms with Crippen molar-refractivity contribution >= 4 is 39.1 Å². The van der Waals surface area contributed by atoms with Crippen LogP contribution in [0.4, 0.5) is 5.69 Å². The molecule has 19 heavy (non-hydrogen) atoms. The molecular weight excluding hydrogens is 330 g/mol. The molecular formula is C13H17BrClN3O. The molecule has 0 bridgehead atoms. The highest BCUT2D eigenvalue weighted by Crippen LogP contribution is 2.26. The molecule has 4 N–H and O–H groups in total. The van der Waals surface area contributed by atoms with E-state index >= 15 is 0 Å². The summed E-state index contributed by atoms with van der Waals surface area (Å²) in [4.78, 5) is 11.7. The molecule has 1 aliphatic carbocycles. The summed E-state index contributed by atoms with van der Waals surface area (Å²) in [7, 11) is 0. The lowest BCUT2D eigenvalue weighted by atomic mass is 10.2. The van der Waals surface area contributed by atoms with Gasteiger partial charge in [-0.25, -0.2) is 0 Å². The molecule has 1 unspecified atom stereocenters. The van der Waals surface area contributed by atoms with Crippen molar-refractivity contribution in [2.45, 2.75) is 31.3 Å². The average molecular weight is 347 g/mol. The SMILES string of the molecule is NCC(CC(=O)NC1CC1)Nc1ccc(Br)c(Cl)c1. The first-order valence-electron chi connectivity index (χ1n) is 6.29. The van der Waals surface area contributed by atoms with Crippen molar-refractivity contribution in [2.24, 2.45) is 5.73 Å². The molecule has 1 aliphatic rings. The van der Waals surface area contributed by atoms with Gasteiger partial charge in [0.2, 0.25) is 5.91 Å². The molecule has 1 aromatic carbocycles. The number of halogens is 2. The van der Waals surface area contributed by atoms with Crippen LogP contribution in [0.15, 0.2) is 22.7 Å². The molecule has 1 saturated carbocycles. The molecule has 1 fully saturated rings. The Kier molecular flexibility index (Phi) is 5.07. The second-order valence-electron chi connectivity index (χ2n) is 4.75. The second kappa shape index (κ2) is 6.59. The lowest BCUT2D eigenvalue weighted by Crippen LogP contribution is -2.36. The third kappa shape index (κ3) is 4.67. The van der Waals surface area contributed by atoms with Crippen LogP contribution in [-0.2, 0) is 4.79 Å². The third-order valence-corrected chi connectivity index (χ3v) is 4.18. The third-order valence-electron chi connectivity index (χ3n) is 2.95. The van der Waals surface area contributed by atoms with Crippen molar-refractivity contribution in [3.8, 4) is 0 Å². The van der Waals surface area contributed by atoms with E-state index in [2.05, 4.69) is 26.6 Å². The number of carbonyl (C=O) groups excluding carboxylic acids is 1. The van der Waals surface area contributed by atoms with Crippen LogP contribution in [0.25, 0.3) is 0 Å². The highest BCUT2D eigenvalue weighted by molar-refractivity contribution is 9.10. The zero-order chi connectivity index (χ0) is 13.8. The lowest BCUT2D eigenvalue weighted by molar-refractivity contribution is -0.121. The minimum atomic E-state index is -0.0870. The van der Waals surface area contributed by atoms with Crippen LogP contribution in [0.5, 0.6) is 0 Å². The number of carbonyl (C=O) groups is 1. The smallest absolute Gasteiger partial charge is 0.222 e.